The second-order valence-electron chi connectivity index (χ2n) is 3.72. The molecule has 0 saturated carbocycles. The molecule has 5 heteroatoms. The molecule has 2 N–H and O–H groups in total. The molecular weight excluding hydrogens is 218 g/mol. The highest BCUT2D eigenvalue weighted by atomic mass is 16.4. The quantitative estimate of drug-likeness (QED) is 0.760. The smallest absolute Gasteiger partial charge is 0.335 e. The zero-order valence-corrected chi connectivity index (χ0v) is 8.79. The molecule has 0 atom stereocenters. The van der Waals surface area contributed by atoms with Crippen molar-refractivity contribution in [3.8, 4) is 0 Å². The maximum absolute atomic E-state index is 11.1. The van der Waals surface area contributed by atoms with Gasteiger partial charge in [-0.05, 0) is 23.8 Å². The molecule has 2 heterocycles. The minimum absolute atomic E-state index is 0.230. The van der Waals surface area contributed by atoms with Gasteiger partial charge in [-0.25, -0.2) is 4.79 Å². The van der Waals surface area contributed by atoms with Gasteiger partial charge < -0.3 is 5.11 Å². The lowest BCUT2D eigenvalue weighted by Gasteiger charge is -2.16. The van der Waals surface area contributed by atoms with Crippen molar-refractivity contribution in [1.29, 1.82) is 0 Å². The Kier molecular flexibility index (Phi) is 1.98. The fourth-order valence-electron chi connectivity index (χ4n) is 1.87. The van der Waals surface area contributed by atoms with Crippen molar-refractivity contribution < 1.29 is 9.90 Å². The maximum atomic E-state index is 11.1. The number of hydrogen-bond donors (Lipinski definition) is 2. The summed E-state index contributed by atoms with van der Waals surface area (Å²) in [5, 5.41) is 13.0. The van der Waals surface area contributed by atoms with Crippen LogP contribution in [0.15, 0.2) is 46.8 Å². The Hall–Kier alpha value is -2.56. The molecule has 2 aliphatic heterocycles. The number of benzene rings is 1. The van der Waals surface area contributed by atoms with Crippen LogP contribution in [0, 0.1) is 0 Å². The highest BCUT2D eigenvalue weighted by molar-refractivity contribution is 6.00. The highest BCUT2D eigenvalue weighted by Gasteiger charge is 2.22. The van der Waals surface area contributed by atoms with E-state index in [1.165, 1.54) is 0 Å². The van der Waals surface area contributed by atoms with Crippen LogP contribution in [0.1, 0.15) is 5.56 Å². The predicted octanol–water partition coefficient (Wildman–Crippen LogP) is 1.36. The van der Waals surface area contributed by atoms with Crippen LogP contribution in [0.3, 0.4) is 0 Å². The van der Waals surface area contributed by atoms with Gasteiger partial charge in [0.1, 0.15) is 12.2 Å². The van der Waals surface area contributed by atoms with Crippen molar-refractivity contribution in [3.05, 3.63) is 47.3 Å². The van der Waals surface area contributed by atoms with Gasteiger partial charge in [-0.1, -0.05) is 18.2 Å². The topological polar surface area (TPSA) is 64.9 Å². The first kappa shape index (κ1) is 9.65. The number of hydrazone groups is 1. The SMILES string of the molecule is O=C(O)C1=Cc2ccccc2N2C=NNC2=C1. The number of aliphatic carboxylic acids is 1. The van der Waals surface area contributed by atoms with Crippen LogP contribution >= 0.6 is 0 Å². The van der Waals surface area contributed by atoms with Crippen molar-refractivity contribution in [3.63, 3.8) is 0 Å². The van der Waals surface area contributed by atoms with Crippen molar-refractivity contribution in [1.82, 2.24) is 5.43 Å². The Morgan fingerprint density at radius 2 is 2.12 bits per heavy atom. The first-order valence-corrected chi connectivity index (χ1v) is 5.10. The Morgan fingerprint density at radius 1 is 1.29 bits per heavy atom. The van der Waals surface area contributed by atoms with Gasteiger partial charge in [-0.3, -0.25) is 10.3 Å². The number of para-hydroxylation sites is 1. The molecule has 0 bridgehead atoms. The van der Waals surface area contributed by atoms with E-state index in [4.69, 9.17) is 5.11 Å². The molecule has 1 aromatic carbocycles. The van der Waals surface area contributed by atoms with Crippen molar-refractivity contribution >= 4 is 24.1 Å². The normalized spacial score (nSPS) is 16.4. The van der Waals surface area contributed by atoms with Crippen LogP contribution < -0.4 is 10.3 Å². The average molecular weight is 227 g/mol. The first-order chi connectivity index (χ1) is 8.25. The minimum Gasteiger partial charge on any atom is -0.478 e. The molecule has 0 unspecified atom stereocenters. The number of carboxylic acids is 1. The van der Waals surface area contributed by atoms with E-state index in [-0.39, 0.29) is 5.57 Å². The molecule has 0 spiro atoms. The summed E-state index contributed by atoms with van der Waals surface area (Å²) < 4.78 is 0. The molecule has 3 rings (SSSR count). The molecule has 0 saturated heterocycles. The molecule has 0 aromatic heterocycles. The molecule has 1 aromatic rings. The molecule has 2 aliphatic rings. The summed E-state index contributed by atoms with van der Waals surface area (Å²) in [6.07, 6.45) is 4.84. The molecule has 0 fully saturated rings. The van der Waals surface area contributed by atoms with Gasteiger partial charge >= 0.3 is 5.97 Å². The third kappa shape index (κ3) is 1.48. The summed E-state index contributed by atoms with van der Waals surface area (Å²) in [4.78, 5) is 12.9. The Balaban J connectivity index is 2.23. The third-order valence-corrected chi connectivity index (χ3v) is 2.66. The number of rotatable bonds is 1. The lowest BCUT2D eigenvalue weighted by atomic mass is 10.1. The van der Waals surface area contributed by atoms with Gasteiger partial charge in [0, 0.05) is 0 Å². The molecule has 0 amide bonds. The second kappa shape index (κ2) is 3.48. The summed E-state index contributed by atoms with van der Waals surface area (Å²) in [5.74, 6) is -0.313. The molecule has 0 radical (unpaired) electrons. The van der Waals surface area contributed by atoms with Crippen LogP contribution in [0.5, 0.6) is 0 Å². The van der Waals surface area contributed by atoms with Crippen molar-refractivity contribution in [2.75, 3.05) is 4.90 Å². The van der Waals surface area contributed by atoms with Crippen LogP contribution in [0.4, 0.5) is 5.69 Å². The van der Waals surface area contributed by atoms with Crippen LogP contribution in [-0.2, 0) is 4.79 Å². The fraction of sp³-hybridized carbons (Fsp3) is 0. The minimum atomic E-state index is -0.956. The summed E-state index contributed by atoms with van der Waals surface area (Å²) in [6.45, 7) is 0. The number of nitrogens with one attached hydrogen (secondary N) is 1. The van der Waals surface area contributed by atoms with E-state index in [1.807, 2.05) is 29.2 Å². The van der Waals surface area contributed by atoms with E-state index in [9.17, 15) is 4.79 Å². The number of fused-ring (bicyclic) bond motifs is 3. The third-order valence-electron chi connectivity index (χ3n) is 2.66. The van der Waals surface area contributed by atoms with Gasteiger partial charge in [0.25, 0.3) is 0 Å². The molecule has 0 aliphatic carbocycles. The molecule has 17 heavy (non-hydrogen) atoms. The molecular formula is C12H9N3O2. The summed E-state index contributed by atoms with van der Waals surface area (Å²) >= 11 is 0. The second-order valence-corrected chi connectivity index (χ2v) is 3.72. The predicted molar refractivity (Wildman–Crippen MR) is 64.2 cm³/mol. The lowest BCUT2D eigenvalue weighted by molar-refractivity contribution is -0.132. The average Bonchev–Trinajstić information content (AvgIpc) is 2.71. The van der Waals surface area contributed by atoms with Crippen LogP contribution in [0.25, 0.3) is 6.08 Å². The largest absolute Gasteiger partial charge is 0.478 e. The fourth-order valence-corrected chi connectivity index (χ4v) is 1.87. The van der Waals surface area contributed by atoms with Gasteiger partial charge in [0.15, 0.2) is 0 Å². The van der Waals surface area contributed by atoms with E-state index in [0.29, 0.717) is 5.82 Å². The first-order valence-electron chi connectivity index (χ1n) is 5.10. The standard InChI is InChI=1S/C12H9N3O2/c16-12(17)9-5-8-3-1-2-4-10(8)15-7-13-14-11(15)6-9/h1-7,14H,(H,16,17). The van der Waals surface area contributed by atoms with E-state index in [2.05, 4.69) is 10.5 Å². The molecule has 84 valence electrons. The number of nitrogens with zero attached hydrogens (tertiary/aromatic N) is 2. The summed E-state index contributed by atoms with van der Waals surface area (Å²) in [5.41, 5.74) is 4.77. The Bertz CT molecular complexity index is 587. The van der Waals surface area contributed by atoms with Crippen LogP contribution in [-0.4, -0.2) is 17.4 Å². The number of carboxylic acid groups (broad SMARTS) is 1. The van der Waals surface area contributed by atoms with Gasteiger partial charge in [0.2, 0.25) is 0 Å². The Morgan fingerprint density at radius 3 is 2.94 bits per heavy atom. The van der Waals surface area contributed by atoms with Crippen LogP contribution in [0.2, 0.25) is 0 Å². The monoisotopic (exact) mass is 227 g/mol. The van der Waals surface area contributed by atoms with Gasteiger partial charge in [0.05, 0.1) is 11.3 Å². The van der Waals surface area contributed by atoms with E-state index >= 15 is 0 Å². The van der Waals surface area contributed by atoms with E-state index < -0.39 is 5.97 Å². The summed E-state index contributed by atoms with van der Waals surface area (Å²) in [6, 6.07) is 7.58. The van der Waals surface area contributed by atoms with Gasteiger partial charge in [-0.15, -0.1) is 0 Å². The van der Waals surface area contributed by atoms with E-state index in [1.54, 1.807) is 18.5 Å². The maximum Gasteiger partial charge on any atom is 0.335 e. The van der Waals surface area contributed by atoms with Crippen molar-refractivity contribution in [2.24, 2.45) is 5.10 Å². The Labute approximate surface area is 97.4 Å². The number of carbonyl (C=O) groups is 1. The zero-order chi connectivity index (χ0) is 11.8. The summed E-state index contributed by atoms with van der Waals surface area (Å²) in [7, 11) is 0. The number of hydrogen-bond acceptors (Lipinski definition) is 4. The molecule has 5 nitrogen and oxygen atoms in total. The van der Waals surface area contributed by atoms with Crippen molar-refractivity contribution in [2.45, 2.75) is 0 Å². The zero-order valence-electron chi connectivity index (χ0n) is 8.79. The lowest BCUT2D eigenvalue weighted by Crippen LogP contribution is -2.20. The van der Waals surface area contributed by atoms with Gasteiger partial charge in [-0.2, -0.15) is 5.10 Å². The highest BCUT2D eigenvalue weighted by Crippen LogP contribution is 2.29. The number of anilines is 1. The van der Waals surface area contributed by atoms with E-state index in [0.717, 1.165) is 11.3 Å².